The van der Waals surface area contributed by atoms with Crippen molar-refractivity contribution in [1.29, 1.82) is 0 Å². The highest BCUT2D eigenvalue weighted by atomic mass is 32.1. The lowest BCUT2D eigenvalue weighted by Crippen LogP contribution is -2.26. The van der Waals surface area contributed by atoms with Crippen molar-refractivity contribution in [3.8, 4) is 0 Å². The summed E-state index contributed by atoms with van der Waals surface area (Å²) in [4.78, 5) is 5.01. The maximum Gasteiger partial charge on any atom is 0.0960 e. The number of fused-ring (bicyclic) bond motifs is 1. The van der Waals surface area contributed by atoms with Crippen molar-refractivity contribution in [3.63, 3.8) is 0 Å². The maximum absolute atomic E-state index is 5.01. The number of rotatable bonds is 3. The van der Waals surface area contributed by atoms with Crippen LogP contribution in [0.25, 0.3) is 10.8 Å². The monoisotopic (exact) mass is 322 g/mol. The highest BCUT2D eigenvalue weighted by Gasteiger charge is 2.21. The Bertz CT molecular complexity index is 797. The van der Waals surface area contributed by atoms with Crippen LogP contribution in [0.2, 0.25) is 0 Å². The first-order chi connectivity index (χ1) is 11.3. The molecular weight excluding hydrogens is 300 g/mol. The highest BCUT2D eigenvalue weighted by molar-refractivity contribution is 7.09. The van der Waals surface area contributed by atoms with Crippen molar-refractivity contribution < 1.29 is 0 Å². The van der Waals surface area contributed by atoms with Gasteiger partial charge in [0, 0.05) is 17.2 Å². The van der Waals surface area contributed by atoms with E-state index in [9.17, 15) is 0 Å². The Morgan fingerprint density at radius 1 is 1.09 bits per heavy atom. The van der Waals surface area contributed by atoms with Gasteiger partial charge in [-0.05, 0) is 42.3 Å². The quantitative estimate of drug-likeness (QED) is 0.740. The predicted octanol–water partition coefficient (Wildman–Crippen LogP) is 4.92. The summed E-state index contributed by atoms with van der Waals surface area (Å²) in [6.07, 6.45) is 2.44. The molecule has 0 spiro atoms. The summed E-state index contributed by atoms with van der Waals surface area (Å²) in [5.74, 6) is 0.988. The largest absolute Gasteiger partial charge is 0.317 e. The molecule has 1 aliphatic heterocycles. The van der Waals surface area contributed by atoms with Gasteiger partial charge in [-0.25, -0.2) is 4.98 Å². The van der Waals surface area contributed by atoms with Crippen LogP contribution in [0, 0.1) is 0 Å². The third-order valence-electron chi connectivity index (χ3n) is 4.96. The summed E-state index contributed by atoms with van der Waals surface area (Å²) < 4.78 is 0. The van der Waals surface area contributed by atoms with Gasteiger partial charge >= 0.3 is 0 Å². The predicted molar refractivity (Wildman–Crippen MR) is 98.4 cm³/mol. The lowest BCUT2D eigenvalue weighted by atomic mass is 9.93. The molecule has 2 heterocycles. The zero-order valence-corrected chi connectivity index (χ0v) is 14.3. The molecule has 1 N–H and O–H groups in total. The molecule has 23 heavy (non-hydrogen) atoms. The molecule has 3 aromatic rings. The fourth-order valence-electron chi connectivity index (χ4n) is 3.54. The Labute approximate surface area is 141 Å². The second kappa shape index (κ2) is 6.42. The van der Waals surface area contributed by atoms with Gasteiger partial charge in [0.1, 0.15) is 0 Å². The Hall–Kier alpha value is -1.71. The molecule has 1 unspecified atom stereocenters. The van der Waals surface area contributed by atoms with E-state index in [2.05, 4.69) is 60.1 Å². The van der Waals surface area contributed by atoms with Crippen LogP contribution in [-0.4, -0.2) is 18.1 Å². The minimum atomic E-state index is 0.341. The van der Waals surface area contributed by atoms with Crippen LogP contribution in [0.5, 0.6) is 0 Å². The zero-order valence-electron chi connectivity index (χ0n) is 13.5. The smallest absolute Gasteiger partial charge is 0.0960 e. The molecular formula is C20H22N2S. The summed E-state index contributed by atoms with van der Waals surface area (Å²) >= 11 is 1.85. The van der Waals surface area contributed by atoms with Crippen LogP contribution in [-0.2, 0) is 0 Å². The van der Waals surface area contributed by atoms with Crippen LogP contribution in [0.15, 0.2) is 47.8 Å². The van der Waals surface area contributed by atoms with E-state index in [1.165, 1.54) is 39.9 Å². The third kappa shape index (κ3) is 2.91. The summed E-state index contributed by atoms with van der Waals surface area (Å²) in [5.41, 5.74) is 2.60. The first-order valence-electron chi connectivity index (χ1n) is 8.46. The molecule has 0 bridgehead atoms. The summed E-state index contributed by atoms with van der Waals surface area (Å²) in [7, 11) is 0. The third-order valence-corrected chi connectivity index (χ3v) is 5.99. The van der Waals surface area contributed by atoms with Gasteiger partial charge in [-0.2, -0.15) is 0 Å². The zero-order chi connectivity index (χ0) is 15.6. The molecule has 1 fully saturated rings. The minimum absolute atomic E-state index is 0.341. The second-order valence-corrected chi connectivity index (χ2v) is 7.31. The average molecular weight is 322 g/mol. The fourth-order valence-corrected chi connectivity index (χ4v) is 4.63. The normalized spacial score (nSPS) is 17.4. The number of aromatic nitrogens is 1. The standard InChI is InChI=1S/C20H22N2S/c1-14(17-8-4-6-15-5-2-3-7-18(15)17)19-13-23-20(22-19)16-9-11-21-12-10-16/h2-8,13-14,16,21H,9-12H2,1H3. The van der Waals surface area contributed by atoms with Crippen molar-refractivity contribution in [2.45, 2.75) is 31.6 Å². The maximum atomic E-state index is 5.01. The molecule has 1 atom stereocenters. The number of nitrogens with zero attached hydrogens (tertiary/aromatic N) is 1. The van der Waals surface area contributed by atoms with E-state index >= 15 is 0 Å². The molecule has 0 aliphatic carbocycles. The summed E-state index contributed by atoms with van der Waals surface area (Å²) in [6, 6.07) is 15.2. The number of benzene rings is 2. The Morgan fingerprint density at radius 2 is 1.87 bits per heavy atom. The van der Waals surface area contributed by atoms with E-state index in [4.69, 9.17) is 4.98 Å². The van der Waals surface area contributed by atoms with E-state index < -0.39 is 0 Å². The Balaban J connectivity index is 1.66. The van der Waals surface area contributed by atoms with Crippen LogP contribution in [0.1, 0.15) is 47.9 Å². The van der Waals surface area contributed by atoms with Gasteiger partial charge in [-0.3, -0.25) is 0 Å². The van der Waals surface area contributed by atoms with E-state index in [0.29, 0.717) is 11.8 Å². The van der Waals surface area contributed by atoms with E-state index in [-0.39, 0.29) is 0 Å². The van der Waals surface area contributed by atoms with Gasteiger partial charge in [0.25, 0.3) is 0 Å². The van der Waals surface area contributed by atoms with Gasteiger partial charge in [0.05, 0.1) is 10.7 Å². The number of thiazole rings is 1. The van der Waals surface area contributed by atoms with E-state index in [1.54, 1.807) is 0 Å². The molecule has 2 nitrogen and oxygen atoms in total. The Morgan fingerprint density at radius 3 is 2.74 bits per heavy atom. The molecule has 0 amide bonds. The first-order valence-corrected chi connectivity index (χ1v) is 9.34. The molecule has 1 aromatic heterocycles. The number of hydrogen-bond donors (Lipinski definition) is 1. The van der Waals surface area contributed by atoms with Crippen LogP contribution in [0.4, 0.5) is 0 Å². The topological polar surface area (TPSA) is 24.9 Å². The molecule has 3 heteroatoms. The van der Waals surface area contributed by atoms with Gasteiger partial charge in [0.2, 0.25) is 0 Å². The summed E-state index contributed by atoms with van der Waals surface area (Å²) in [5, 5.41) is 9.69. The van der Waals surface area contributed by atoms with E-state index in [1.807, 2.05) is 11.3 Å². The number of nitrogens with one attached hydrogen (secondary N) is 1. The van der Waals surface area contributed by atoms with Gasteiger partial charge in [-0.15, -0.1) is 11.3 Å². The fraction of sp³-hybridized carbons (Fsp3) is 0.350. The molecule has 2 aromatic carbocycles. The lowest BCUT2D eigenvalue weighted by molar-refractivity contribution is 0.458. The first kappa shape index (κ1) is 14.9. The van der Waals surface area contributed by atoms with E-state index in [0.717, 1.165) is 13.1 Å². The molecule has 1 saturated heterocycles. The van der Waals surface area contributed by atoms with Crippen molar-refractivity contribution >= 4 is 22.1 Å². The highest BCUT2D eigenvalue weighted by Crippen LogP contribution is 2.34. The van der Waals surface area contributed by atoms with Gasteiger partial charge in [0.15, 0.2) is 0 Å². The van der Waals surface area contributed by atoms with Crippen molar-refractivity contribution in [1.82, 2.24) is 10.3 Å². The SMILES string of the molecule is CC(c1csc(C2CCNCC2)n1)c1cccc2ccccc12. The average Bonchev–Trinajstić information content (AvgIpc) is 3.11. The van der Waals surface area contributed by atoms with Crippen LogP contribution in [0.3, 0.4) is 0 Å². The van der Waals surface area contributed by atoms with Crippen molar-refractivity contribution in [2.75, 3.05) is 13.1 Å². The molecule has 0 saturated carbocycles. The van der Waals surface area contributed by atoms with Crippen molar-refractivity contribution in [3.05, 3.63) is 64.1 Å². The second-order valence-electron chi connectivity index (χ2n) is 6.42. The molecule has 0 radical (unpaired) electrons. The number of hydrogen-bond acceptors (Lipinski definition) is 3. The van der Waals surface area contributed by atoms with Crippen LogP contribution >= 0.6 is 11.3 Å². The summed E-state index contributed by atoms with van der Waals surface area (Å²) in [6.45, 7) is 4.53. The molecule has 4 rings (SSSR count). The number of piperidine rings is 1. The minimum Gasteiger partial charge on any atom is -0.317 e. The van der Waals surface area contributed by atoms with Crippen LogP contribution < -0.4 is 5.32 Å². The Kier molecular flexibility index (Phi) is 4.15. The van der Waals surface area contributed by atoms with Crippen molar-refractivity contribution in [2.24, 2.45) is 0 Å². The lowest BCUT2D eigenvalue weighted by Gasteiger charge is -2.20. The molecule has 118 valence electrons. The van der Waals surface area contributed by atoms with Gasteiger partial charge in [-0.1, -0.05) is 49.4 Å². The van der Waals surface area contributed by atoms with Gasteiger partial charge < -0.3 is 5.32 Å². The molecule has 1 aliphatic rings.